The monoisotopic (exact) mass is 337 g/mol. The molecule has 1 aliphatic rings. The smallest absolute Gasteiger partial charge is 0.259 e. The van der Waals surface area contributed by atoms with Gasteiger partial charge in [-0.05, 0) is 48.9 Å². The first-order valence-electron chi connectivity index (χ1n) is 8.36. The third-order valence-corrected chi connectivity index (χ3v) is 4.48. The van der Waals surface area contributed by atoms with E-state index >= 15 is 0 Å². The van der Waals surface area contributed by atoms with Crippen LogP contribution in [-0.2, 0) is 0 Å². The van der Waals surface area contributed by atoms with Crippen molar-refractivity contribution < 1.29 is 5.11 Å². The summed E-state index contributed by atoms with van der Waals surface area (Å²) in [6, 6.07) is 9.12. The zero-order valence-corrected chi connectivity index (χ0v) is 13.6. The maximum absolute atomic E-state index is 12.3. The quantitative estimate of drug-likeness (QED) is 0.583. The van der Waals surface area contributed by atoms with Crippen molar-refractivity contribution in [3.05, 3.63) is 53.1 Å². The molecule has 4 N–H and O–H groups in total. The van der Waals surface area contributed by atoms with Crippen molar-refractivity contribution in [1.82, 2.24) is 15.0 Å². The van der Waals surface area contributed by atoms with Gasteiger partial charge >= 0.3 is 0 Å². The predicted octanol–water partition coefficient (Wildman–Crippen LogP) is 2.39. The first-order chi connectivity index (χ1) is 12.2. The van der Waals surface area contributed by atoms with Crippen molar-refractivity contribution in [3.63, 3.8) is 0 Å². The van der Waals surface area contributed by atoms with Crippen molar-refractivity contribution in [3.8, 4) is 0 Å². The van der Waals surface area contributed by atoms with Gasteiger partial charge in [-0.1, -0.05) is 6.07 Å². The third-order valence-electron chi connectivity index (χ3n) is 4.48. The van der Waals surface area contributed by atoms with Crippen molar-refractivity contribution in [1.29, 1.82) is 0 Å². The van der Waals surface area contributed by atoms with Crippen LogP contribution in [0.25, 0.3) is 10.8 Å². The second-order valence-electron chi connectivity index (χ2n) is 6.22. The lowest BCUT2D eigenvalue weighted by molar-refractivity contribution is 0.171. The number of fused-ring (bicyclic) bond motifs is 1. The van der Waals surface area contributed by atoms with E-state index in [1.165, 1.54) is 0 Å². The van der Waals surface area contributed by atoms with Crippen molar-refractivity contribution in [2.75, 3.05) is 10.6 Å². The minimum absolute atomic E-state index is 0.0968. The second kappa shape index (κ2) is 6.52. The molecule has 7 nitrogen and oxygen atoms in total. The van der Waals surface area contributed by atoms with Gasteiger partial charge in [0.1, 0.15) is 17.5 Å². The van der Waals surface area contributed by atoms with E-state index in [1.54, 1.807) is 12.4 Å². The summed E-state index contributed by atoms with van der Waals surface area (Å²) < 4.78 is 0. The molecule has 0 saturated heterocycles. The molecule has 3 heterocycles. The summed E-state index contributed by atoms with van der Waals surface area (Å²) in [5.41, 5.74) is -0.204. The Bertz CT molecular complexity index is 941. The van der Waals surface area contributed by atoms with Crippen LogP contribution in [0.5, 0.6) is 0 Å². The van der Waals surface area contributed by atoms with E-state index in [1.807, 2.05) is 30.3 Å². The lowest BCUT2D eigenvalue weighted by atomic mass is 10.1. The van der Waals surface area contributed by atoms with E-state index in [2.05, 4.69) is 25.6 Å². The number of hydrogen-bond acceptors (Lipinski definition) is 6. The topological polar surface area (TPSA) is 103 Å². The minimum Gasteiger partial charge on any atom is -0.391 e. The molecule has 128 valence electrons. The number of hydrogen-bond donors (Lipinski definition) is 4. The molecule has 1 aliphatic carbocycles. The highest BCUT2D eigenvalue weighted by atomic mass is 16.3. The van der Waals surface area contributed by atoms with Crippen LogP contribution in [0.15, 0.2) is 47.5 Å². The minimum atomic E-state index is -0.424. The Morgan fingerprint density at radius 2 is 2.12 bits per heavy atom. The summed E-state index contributed by atoms with van der Waals surface area (Å²) >= 11 is 0. The van der Waals surface area contributed by atoms with E-state index in [9.17, 15) is 9.90 Å². The lowest BCUT2D eigenvalue weighted by Crippen LogP contribution is -2.29. The van der Waals surface area contributed by atoms with Gasteiger partial charge in [0.15, 0.2) is 0 Å². The van der Waals surface area contributed by atoms with Crippen LogP contribution in [0.3, 0.4) is 0 Å². The molecule has 1 fully saturated rings. The largest absolute Gasteiger partial charge is 0.391 e. The van der Waals surface area contributed by atoms with Gasteiger partial charge in [-0.2, -0.15) is 0 Å². The van der Waals surface area contributed by atoms with Gasteiger partial charge in [0.05, 0.1) is 17.5 Å². The Labute approximate surface area is 144 Å². The van der Waals surface area contributed by atoms with E-state index < -0.39 is 6.10 Å². The van der Waals surface area contributed by atoms with Crippen LogP contribution in [0.4, 0.5) is 17.5 Å². The zero-order chi connectivity index (χ0) is 17.2. The van der Waals surface area contributed by atoms with E-state index in [4.69, 9.17) is 0 Å². The molecule has 1 saturated carbocycles. The van der Waals surface area contributed by atoms with E-state index in [0.717, 1.165) is 24.6 Å². The maximum atomic E-state index is 12.3. The highest BCUT2D eigenvalue weighted by Crippen LogP contribution is 2.27. The Hall–Kier alpha value is -2.93. The fourth-order valence-corrected chi connectivity index (χ4v) is 3.24. The van der Waals surface area contributed by atoms with Crippen LogP contribution < -0.4 is 16.2 Å². The molecule has 7 heteroatoms. The highest BCUT2D eigenvalue weighted by Gasteiger charge is 2.26. The molecule has 0 aliphatic heterocycles. The average molecular weight is 337 g/mol. The van der Waals surface area contributed by atoms with Gasteiger partial charge in [0, 0.05) is 12.4 Å². The lowest BCUT2D eigenvalue weighted by Gasteiger charge is -2.19. The van der Waals surface area contributed by atoms with Gasteiger partial charge in [-0.15, -0.1) is 0 Å². The van der Waals surface area contributed by atoms with Gasteiger partial charge < -0.3 is 20.7 Å². The van der Waals surface area contributed by atoms with Crippen LogP contribution in [0.1, 0.15) is 19.3 Å². The summed E-state index contributed by atoms with van der Waals surface area (Å²) in [5.74, 6) is 1.74. The number of anilines is 3. The fourth-order valence-electron chi connectivity index (χ4n) is 3.24. The number of nitrogens with one attached hydrogen (secondary N) is 3. The summed E-state index contributed by atoms with van der Waals surface area (Å²) in [6.07, 6.45) is 5.46. The molecule has 4 rings (SSSR count). The number of rotatable bonds is 4. The number of aromatic amines is 1. The Balaban J connectivity index is 1.76. The predicted molar refractivity (Wildman–Crippen MR) is 97.2 cm³/mol. The molecular weight excluding hydrogens is 318 g/mol. The molecule has 0 bridgehead atoms. The van der Waals surface area contributed by atoms with Crippen molar-refractivity contribution >= 4 is 28.2 Å². The Morgan fingerprint density at radius 3 is 2.88 bits per heavy atom. The molecule has 0 amide bonds. The third kappa shape index (κ3) is 3.18. The van der Waals surface area contributed by atoms with Crippen LogP contribution in [-0.4, -0.2) is 32.2 Å². The van der Waals surface area contributed by atoms with Gasteiger partial charge in [0.2, 0.25) is 0 Å². The van der Waals surface area contributed by atoms with Crippen LogP contribution in [0.2, 0.25) is 0 Å². The maximum Gasteiger partial charge on any atom is 0.259 e. The molecule has 3 aromatic heterocycles. The fraction of sp³-hybridized carbons (Fsp3) is 0.278. The molecule has 3 aromatic rings. The molecule has 0 aromatic carbocycles. The van der Waals surface area contributed by atoms with Crippen LogP contribution >= 0.6 is 0 Å². The SMILES string of the molecule is O=c1[nH]ccc2cc(Nc3ccccn3)nc(N[C@@H]3CCC[C@H]3O)c12. The second-order valence-corrected chi connectivity index (χ2v) is 6.22. The Kier molecular flexibility index (Phi) is 4.07. The average Bonchev–Trinajstić information content (AvgIpc) is 3.00. The highest BCUT2D eigenvalue weighted by molar-refractivity contribution is 5.93. The first kappa shape index (κ1) is 15.6. The summed E-state index contributed by atoms with van der Waals surface area (Å²) in [5, 5.41) is 17.8. The number of pyridine rings is 3. The van der Waals surface area contributed by atoms with Gasteiger partial charge in [0.25, 0.3) is 5.56 Å². The molecule has 2 atom stereocenters. The van der Waals surface area contributed by atoms with Crippen molar-refractivity contribution in [2.45, 2.75) is 31.4 Å². The molecule has 0 unspecified atom stereocenters. The van der Waals surface area contributed by atoms with Gasteiger partial charge in [-0.3, -0.25) is 4.79 Å². The zero-order valence-electron chi connectivity index (χ0n) is 13.6. The normalized spacial score (nSPS) is 19.9. The number of aliphatic hydroxyl groups is 1. The first-order valence-corrected chi connectivity index (χ1v) is 8.36. The summed E-state index contributed by atoms with van der Waals surface area (Å²) in [6.45, 7) is 0. The summed E-state index contributed by atoms with van der Waals surface area (Å²) in [7, 11) is 0. The number of nitrogens with zero attached hydrogens (tertiary/aromatic N) is 2. The summed E-state index contributed by atoms with van der Waals surface area (Å²) in [4.78, 5) is 23.8. The van der Waals surface area contributed by atoms with Crippen LogP contribution in [0, 0.1) is 0 Å². The Morgan fingerprint density at radius 1 is 1.20 bits per heavy atom. The molecule has 0 spiro atoms. The van der Waals surface area contributed by atoms with E-state index in [0.29, 0.717) is 22.8 Å². The number of H-pyrrole nitrogens is 1. The number of aliphatic hydroxyl groups excluding tert-OH is 1. The molecule has 0 radical (unpaired) electrons. The van der Waals surface area contributed by atoms with E-state index in [-0.39, 0.29) is 11.6 Å². The molecular formula is C18H19N5O2. The number of aromatic nitrogens is 3. The van der Waals surface area contributed by atoms with Crippen molar-refractivity contribution in [2.24, 2.45) is 0 Å². The van der Waals surface area contributed by atoms with Gasteiger partial charge in [-0.25, -0.2) is 9.97 Å². The standard InChI is InChI=1S/C18H19N5O2/c24-13-5-3-4-12(13)21-17-16-11(7-9-20-18(16)25)10-15(23-17)22-14-6-1-2-8-19-14/h1-2,6-10,12-13,24H,3-5H2,(H,20,25)(H2,19,21,22,23)/t12-,13-/m1/s1. The molecule has 25 heavy (non-hydrogen) atoms.